The van der Waals surface area contributed by atoms with E-state index in [0.717, 1.165) is 11.1 Å². The number of benzene rings is 2. The van der Waals surface area contributed by atoms with Gasteiger partial charge in [-0.3, -0.25) is 0 Å². The molecule has 1 N–H and O–H groups in total. The van der Waals surface area contributed by atoms with Gasteiger partial charge in [0, 0.05) is 21.2 Å². The molecule has 2 aromatic rings. The molecule has 1 aliphatic carbocycles. The average molecular weight is 320 g/mol. The van der Waals surface area contributed by atoms with Gasteiger partial charge in [0.25, 0.3) is 0 Å². The first-order valence-corrected chi connectivity index (χ1v) is 6.66. The van der Waals surface area contributed by atoms with E-state index in [1.165, 1.54) is 0 Å². The fraction of sp³-hybridized carbons (Fsp3) is 0.0769. The predicted octanol–water partition coefficient (Wildman–Crippen LogP) is 5.36. The molecule has 0 bridgehead atoms. The van der Waals surface area contributed by atoms with Crippen molar-refractivity contribution >= 4 is 46.4 Å². The maximum atomic E-state index is 10.3. The highest BCUT2D eigenvalue weighted by molar-refractivity contribution is 6.40. The summed E-state index contributed by atoms with van der Waals surface area (Å²) in [7, 11) is 0. The second-order valence-electron chi connectivity index (χ2n) is 4.11. The molecule has 0 spiro atoms. The summed E-state index contributed by atoms with van der Waals surface area (Å²) in [6.45, 7) is 0. The van der Waals surface area contributed by atoms with Crippen molar-refractivity contribution in [1.29, 1.82) is 0 Å². The van der Waals surface area contributed by atoms with Gasteiger partial charge in [0.15, 0.2) is 0 Å². The lowest BCUT2D eigenvalue weighted by Gasteiger charge is -2.06. The van der Waals surface area contributed by atoms with Crippen molar-refractivity contribution in [3.8, 4) is 11.1 Å². The van der Waals surface area contributed by atoms with Gasteiger partial charge in [-0.15, -0.1) is 0 Å². The Balaban J connectivity index is 2.41. The van der Waals surface area contributed by atoms with Gasteiger partial charge in [-0.05, 0) is 35.4 Å². The van der Waals surface area contributed by atoms with Crippen LogP contribution in [0.3, 0.4) is 0 Å². The summed E-state index contributed by atoms with van der Waals surface area (Å²) in [4.78, 5) is 0. The minimum Gasteiger partial charge on any atom is -0.384 e. The molecule has 18 heavy (non-hydrogen) atoms. The fourth-order valence-corrected chi connectivity index (χ4v) is 3.52. The summed E-state index contributed by atoms with van der Waals surface area (Å²) in [6.07, 6.45) is -0.803. The first-order chi connectivity index (χ1) is 8.49. The summed E-state index contributed by atoms with van der Waals surface area (Å²) in [5.74, 6) is 0. The maximum absolute atomic E-state index is 10.3. The van der Waals surface area contributed by atoms with E-state index >= 15 is 0 Å². The zero-order valence-corrected chi connectivity index (χ0v) is 11.9. The van der Waals surface area contributed by atoms with Crippen LogP contribution in [0.25, 0.3) is 11.1 Å². The molecule has 0 aliphatic heterocycles. The van der Waals surface area contributed by atoms with Crippen LogP contribution >= 0.6 is 46.4 Å². The molecule has 2 aromatic carbocycles. The third-order valence-electron chi connectivity index (χ3n) is 3.01. The maximum Gasteiger partial charge on any atom is 0.105 e. The van der Waals surface area contributed by atoms with E-state index < -0.39 is 6.10 Å². The van der Waals surface area contributed by atoms with Crippen LogP contribution < -0.4 is 0 Å². The number of aliphatic hydroxyl groups is 1. The minimum absolute atomic E-state index is 0.472. The van der Waals surface area contributed by atoms with Gasteiger partial charge in [0.2, 0.25) is 0 Å². The third kappa shape index (κ3) is 1.74. The summed E-state index contributed by atoms with van der Waals surface area (Å²) in [5.41, 5.74) is 2.77. The summed E-state index contributed by atoms with van der Waals surface area (Å²) < 4.78 is 0. The van der Waals surface area contributed by atoms with Crippen LogP contribution in [0.5, 0.6) is 0 Å². The Morgan fingerprint density at radius 1 is 0.722 bits per heavy atom. The lowest BCUT2D eigenvalue weighted by Crippen LogP contribution is -1.93. The zero-order chi connectivity index (χ0) is 13.0. The van der Waals surface area contributed by atoms with Crippen LogP contribution in [-0.2, 0) is 0 Å². The van der Waals surface area contributed by atoms with Crippen molar-refractivity contribution in [1.82, 2.24) is 0 Å². The van der Waals surface area contributed by atoms with E-state index in [0.29, 0.717) is 31.2 Å². The Bertz CT molecular complexity index is 609. The van der Waals surface area contributed by atoms with Gasteiger partial charge in [-0.25, -0.2) is 0 Å². The summed E-state index contributed by atoms with van der Waals surface area (Å²) >= 11 is 24.3. The molecule has 0 fully saturated rings. The average Bonchev–Trinajstić information content (AvgIpc) is 2.54. The van der Waals surface area contributed by atoms with Crippen LogP contribution in [0, 0.1) is 0 Å². The van der Waals surface area contributed by atoms with Crippen LogP contribution in [-0.4, -0.2) is 5.11 Å². The highest BCUT2D eigenvalue weighted by Gasteiger charge is 2.31. The Labute approximate surface area is 124 Å². The molecule has 0 saturated heterocycles. The SMILES string of the molecule is OC1c2cc(Cl)cc(Cl)c2-c2c(Cl)cc(Cl)cc21. The van der Waals surface area contributed by atoms with Crippen LogP contribution in [0.2, 0.25) is 20.1 Å². The van der Waals surface area contributed by atoms with E-state index in [-0.39, 0.29) is 0 Å². The smallest absolute Gasteiger partial charge is 0.105 e. The molecule has 0 atom stereocenters. The molecule has 1 aliphatic rings. The van der Waals surface area contributed by atoms with Crippen molar-refractivity contribution in [3.63, 3.8) is 0 Å². The lowest BCUT2D eigenvalue weighted by molar-refractivity contribution is 0.225. The fourth-order valence-electron chi connectivity index (χ4n) is 2.31. The third-order valence-corrected chi connectivity index (χ3v) is 4.04. The van der Waals surface area contributed by atoms with Gasteiger partial charge in [-0.2, -0.15) is 0 Å². The molecule has 5 heteroatoms. The number of aliphatic hydroxyl groups excluding tert-OH is 1. The molecular weight excluding hydrogens is 314 g/mol. The highest BCUT2D eigenvalue weighted by atomic mass is 35.5. The van der Waals surface area contributed by atoms with Crippen molar-refractivity contribution in [2.24, 2.45) is 0 Å². The lowest BCUT2D eigenvalue weighted by atomic mass is 10.1. The summed E-state index contributed by atoms with van der Waals surface area (Å²) in [5, 5.41) is 12.2. The molecule has 0 heterocycles. The van der Waals surface area contributed by atoms with E-state index in [9.17, 15) is 5.11 Å². The van der Waals surface area contributed by atoms with E-state index in [1.807, 2.05) is 0 Å². The van der Waals surface area contributed by atoms with E-state index in [1.54, 1.807) is 24.3 Å². The van der Waals surface area contributed by atoms with Crippen LogP contribution in [0.4, 0.5) is 0 Å². The number of hydrogen-bond acceptors (Lipinski definition) is 1. The quantitative estimate of drug-likeness (QED) is 0.692. The van der Waals surface area contributed by atoms with Crippen molar-refractivity contribution < 1.29 is 5.11 Å². The van der Waals surface area contributed by atoms with Gasteiger partial charge in [0.05, 0.1) is 10.0 Å². The van der Waals surface area contributed by atoms with Gasteiger partial charge in [0.1, 0.15) is 6.10 Å². The van der Waals surface area contributed by atoms with E-state index in [2.05, 4.69) is 0 Å². The molecule has 1 nitrogen and oxygen atoms in total. The molecule has 0 radical (unpaired) electrons. The van der Waals surface area contributed by atoms with Crippen LogP contribution in [0.1, 0.15) is 17.2 Å². The Morgan fingerprint density at radius 2 is 1.11 bits per heavy atom. The molecule has 0 unspecified atom stereocenters. The van der Waals surface area contributed by atoms with Gasteiger partial charge in [-0.1, -0.05) is 46.4 Å². The Hall–Kier alpha value is -0.440. The molecular formula is C13H6Cl4O. The number of fused-ring (bicyclic) bond motifs is 3. The minimum atomic E-state index is -0.803. The predicted molar refractivity (Wildman–Crippen MR) is 76.0 cm³/mol. The van der Waals surface area contributed by atoms with Crippen molar-refractivity contribution in [2.75, 3.05) is 0 Å². The monoisotopic (exact) mass is 318 g/mol. The molecule has 0 saturated carbocycles. The molecule has 0 amide bonds. The number of rotatable bonds is 0. The first-order valence-electron chi connectivity index (χ1n) is 5.15. The van der Waals surface area contributed by atoms with E-state index in [4.69, 9.17) is 46.4 Å². The van der Waals surface area contributed by atoms with Gasteiger partial charge < -0.3 is 5.11 Å². The number of hydrogen-bond donors (Lipinski definition) is 1. The highest BCUT2D eigenvalue weighted by Crippen LogP contribution is 2.51. The standard InChI is InChI=1S/C13H6Cl4O/c14-5-1-7-11(9(16)3-5)12-8(13(7)18)2-6(15)4-10(12)17/h1-4,13,18H. The zero-order valence-electron chi connectivity index (χ0n) is 8.85. The Morgan fingerprint density at radius 3 is 1.50 bits per heavy atom. The van der Waals surface area contributed by atoms with Crippen molar-refractivity contribution in [2.45, 2.75) is 6.10 Å². The summed E-state index contributed by atoms with van der Waals surface area (Å²) in [6, 6.07) is 6.65. The second-order valence-corrected chi connectivity index (χ2v) is 5.79. The molecule has 0 aromatic heterocycles. The Kier molecular flexibility index (Phi) is 3.00. The largest absolute Gasteiger partial charge is 0.384 e. The van der Waals surface area contributed by atoms with Crippen molar-refractivity contribution in [3.05, 3.63) is 55.5 Å². The first kappa shape index (κ1) is 12.6. The topological polar surface area (TPSA) is 20.2 Å². The molecule has 3 rings (SSSR count). The molecule has 92 valence electrons. The number of halogens is 4. The normalized spacial score (nSPS) is 13.6. The van der Waals surface area contributed by atoms with Crippen LogP contribution in [0.15, 0.2) is 24.3 Å². The van der Waals surface area contributed by atoms with Gasteiger partial charge >= 0.3 is 0 Å². The second kappa shape index (κ2) is 4.29.